The van der Waals surface area contributed by atoms with Gasteiger partial charge in [-0.3, -0.25) is 4.79 Å². The minimum atomic E-state index is -0.188. The third kappa shape index (κ3) is 8.91. The maximum Gasteiger partial charge on any atom is 0.243 e. The Hall–Kier alpha value is -1.97. The lowest BCUT2D eigenvalue weighted by Gasteiger charge is -2.03. The van der Waals surface area contributed by atoms with Crippen molar-refractivity contribution in [1.82, 2.24) is 5.32 Å². The van der Waals surface area contributed by atoms with Crippen LogP contribution in [0.3, 0.4) is 0 Å². The number of benzene rings is 1. The van der Waals surface area contributed by atoms with E-state index in [1.165, 1.54) is 56.7 Å². The molecule has 0 heterocycles. The highest BCUT2D eigenvalue weighted by atomic mass is 16.3. The Kier molecular flexibility index (Phi) is 9.60. The Morgan fingerprint density at radius 1 is 1.00 bits per heavy atom. The summed E-state index contributed by atoms with van der Waals surface area (Å²) in [6, 6.07) is 4.45. The standard InChI is InChI=1S/C19H29NO3/c1-2-3-4-5-6-7-8-9-14-20-19(23)13-11-16-10-12-17(21)18(22)15-16/h10-13,15,21-22H,2-9,14H2,1H3,(H,20,23). The van der Waals surface area contributed by atoms with Crippen molar-refractivity contribution in [2.24, 2.45) is 0 Å². The van der Waals surface area contributed by atoms with Gasteiger partial charge in [-0.1, -0.05) is 57.9 Å². The second-order valence-corrected chi connectivity index (χ2v) is 5.85. The first kappa shape index (κ1) is 19.1. The third-order valence-corrected chi connectivity index (χ3v) is 3.76. The Morgan fingerprint density at radius 2 is 1.65 bits per heavy atom. The molecular formula is C19H29NO3. The van der Waals surface area contributed by atoms with E-state index in [4.69, 9.17) is 0 Å². The zero-order chi connectivity index (χ0) is 16.9. The Morgan fingerprint density at radius 3 is 2.30 bits per heavy atom. The molecule has 0 saturated carbocycles. The molecule has 3 N–H and O–H groups in total. The van der Waals surface area contributed by atoms with Crippen LogP contribution in [0.4, 0.5) is 0 Å². The van der Waals surface area contributed by atoms with Gasteiger partial charge >= 0.3 is 0 Å². The first-order chi connectivity index (χ1) is 11.1. The van der Waals surface area contributed by atoms with E-state index in [9.17, 15) is 15.0 Å². The van der Waals surface area contributed by atoms with Gasteiger partial charge in [0.1, 0.15) is 0 Å². The summed E-state index contributed by atoms with van der Waals surface area (Å²) in [6.45, 7) is 2.92. The third-order valence-electron chi connectivity index (χ3n) is 3.76. The predicted octanol–water partition coefficient (Wildman–Crippen LogP) is 4.37. The highest BCUT2D eigenvalue weighted by Gasteiger charge is 1.99. The Balaban J connectivity index is 2.10. The van der Waals surface area contributed by atoms with Crippen molar-refractivity contribution in [2.75, 3.05) is 6.54 Å². The Bertz CT molecular complexity index is 497. The van der Waals surface area contributed by atoms with Crippen LogP contribution in [0.2, 0.25) is 0 Å². The lowest BCUT2D eigenvalue weighted by atomic mass is 10.1. The average Bonchev–Trinajstić information content (AvgIpc) is 2.54. The summed E-state index contributed by atoms with van der Waals surface area (Å²) in [5, 5.41) is 21.4. The summed E-state index contributed by atoms with van der Waals surface area (Å²) in [5.41, 5.74) is 0.669. The van der Waals surface area contributed by atoms with E-state index >= 15 is 0 Å². The molecule has 0 aliphatic carbocycles. The van der Waals surface area contributed by atoms with Gasteiger partial charge in [-0.05, 0) is 30.2 Å². The van der Waals surface area contributed by atoms with Gasteiger partial charge in [0.15, 0.2) is 11.5 Å². The molecule has 0 saturated heterocycles. The maximum atomic E-state index is 11.7. The van der Waals surface area contributed by atoms with Gasteiger partial charge in [0.25, 0.3) is 0 Å². The van der Waals surface area contributed by atoms with Crippen LogP contribution in [0, 0.1) is 0 Å². The number of hydrogen-bond acceptors (Lipinski definition) is 3. The molecule has 1 aromatic carbocycles. The summed E-state index contributed by atoms with van der Waals surface area (Å²) >= 11 is 0. The van der Waals surface area contributed by atoms with Crippen molar-refractivity contribution in [2.45, 2.75) is 58.3 Å². The van der Waals surface area contributed by atoms with Gasteiger partial charge in [0, 0.05) is 12.6 Å². The van der Waals surface area contributed by atoms with Crippen LogP contribution < -0.4 is 5.32 Å². The minimum Gasteiger partial charge on any atom is -0.504 e. The largest absolute Gasteiger partial charge is 0.504 e. The smallest absolute Gasteiger partial charge is 0.243 e. The molecule has 0 unspecified atom stereocenters. The van der Waals surface area contributed by atoms with Crippen molar-refractivity contribution >= 4 is 12.0 Å². The van der Waals surface area contributed by atoms with Gasteiger partial charge in [0.05, 0.1) is 0 Å². The van der Waals surface area contributed by atoms with E-state index < -0.39 is 0 Å². The second kappa shape index (κ2) is 11.6. The van der Waals surface area contributed by atoms with Crippen LogP contribution in [0.15, 0.2) is 24.3 Å². The molecule has 1 amide bonds. The molecule has 0 bridgehead atoms. The molecule has 0 aromatic heterocycles. The number of carbonyl (C=O) groups is 1. The highest BCUT2D eigenvalue weighted by Crippen LogP contribution is 2.25. The Labute approximate surface area is 139 Å². The first-order valence-electron chi connectivity index (χ1n) is 8.61. The maximum absolute atomic E-state index is 11.7. The average molecular weight is 319 g/mol. The quantitative estimate of drug-likeness (QED) is 0.322. The number of rotatable bonds is 11. The number of phenolic OH excluding ortho intramolecular Hbond substituents is 2. The van der Waals surface area contributed by atoms with Gasteiger partial charge in [-0.25, -0.2) is 0 Å². The SMILES string of the molecule is CCCCCCCCCCNC(=O)C=Cc1ccc(O)c(O)c1. The molecule has 0 atom stereocenters. The van der Waals surface area contributed by atoms with Crippen LogP contribution in [0.25, 0.3) is 6.08 Å². The topological polar surface area (TPSA) is 69.6 Å². The van der Waals surface area contributed by atoms with Crippen molar-refractivity contribution in [3.63, 3.8) is 0 Å². The van der Waals surface area contributed by atoms with Crippen molar-refractivity contribution in [3.8, 4) is 11.5 Å². The van der Waals surface area contributed by atoms with Crippen LogP contribution in [-0.2, 0) is 4.79 Å². The van der Waals surface area contributed by atoms with Gasteiger partial charge in [0.2, 0.25) is 5.91 Å². The number of hydrogen-bond donors (Lipinski definition) is 3. The summed E-state index contributed by atoms with van der Waals surface area (Å²) in [6.07, 6.45) is 13.0. The van der Waals surface area contributed by atoms with Crippen LogP contribution in [0.1, 0.15) is 63.9 Å². The number of unbranched alkanes of at least 4 members (excludes halogenated alkanes) is 7. The molecular weight excluding hydrogens is 290 g/mol. The molecule has 0 aliphatic heterocycles. The predicted molar refractivity (Wildman–Crippen MR) is 94.4 cm³/mol. The van der Waals surface area contributed by atoms with E-state index in [0.29, 0.717) is 12.1 Å². The van der Waals surface area contributed by atoms with Crippen molar-refractivity contribution in [1.29, 1.82) is 0 Å². The summed E-state index contributed by atoms with van der Waals surface area (Å²) < 4.78 is 0. The fraction of sp³-hybridized carbons (Fsp3) is 0.526. The molecule has 0 spiro atoms. The number of amides is 1. The van der Waals surface area contributed by atoms with Crippen molar-refractivity contribution in [3.05, 3.63) is 29.8 Å². The van der Waals surface area contributed by atoms with Crippen LogP contribution in [0.5, 0.6) is 11.5 Å². The molecule has 4 heteroatoms. The number of carbonyl (C=O) groups excluding carboxylic acids is 1. The molecule has 128 valence electrons. The van der Waals surface area contributed by atoms with Gasteiger partial charge < -0.3 is 15.5 Å². The van der Waals surface area contributed by atoms with Gasteiger partial charge in [-0.15, -0.1) is 0 Å². The number of nitrogens with one attached hydrogen (secondary N) is 1. The normalized spacial score (nSPS) is 11.0. The van der Waals surface area contributed by atoms with Gasteiger partial charge in [-0.2, -0.15) is 0 Å². The molecule has 4 nitrogen and oxygen atoms in total. The van der Waals surface area contributed by atoms with Crippen molar-refractivity contribution < 1.29 is 15.0 Å². The second-order valence-electron chi connectivity index (χ2n) is 5.85. The molecule has 1 aromatic rings. The fourth-order valence-electron chi connectivity index (χ4n) is 2.35. The monoisotopic (exact) mass is 319 g/mol. The molecule has 0 radical (unpaired) electrons. The fourth-order valence-corrected chi connectivity index (χ4v) is 2.35. The van der Waals surface area contributed by atoms with Crippen LogP contribution >= 0.6 is 0 Å². The number of phenols is 2. The highest BCUT2D eigenvalue weighted by molar-refractivity contribution is 5.91. The lowest BCUT2D eigenvalue weighted by molar-refractivity contribution is -0.116. The summed E-state index contributed by atoms with van der Waals surface area (Å²) in [4.78, 5) is 11.7. The van der Waals surface area contributed by atoms with E-state index in [1.807, 2.05) is 0 Å². The van der Waals surface area contributed by atoms with E-state index in [0.717, 1.165) is 12.8 Å². The summed E-state index contributed by atoms with van der Waals surface area (Å²) in [5.74, 6) is -0.492. The van der Waals surface area contributed by atoms with Crippen LogP contribution in [-0.4, -0.2) is 22.7 Å². The molecule has 0 fully saturated rings. The zero-order valence-corrected chi connectivity index (χ0v) is 14.1. The number of aromatic hydroxyl groups is 2. The summed E-state index contributed by atoms with van der Waals surface area (Å²) in [7, 11) is 0. The van der Waals surface area contributed by atoms with E-state index in [2.05, 4.69) is 12.2 Å². The van der Waals surface area contributed by atoms with E-state index in [-0.39, 0.29) is 17.4 Å². The lowest BCUT2D eigenvalue weighted by Crippen LogP contribution is -2.21. The first-order valence-corrected chi connectivity index (χ1v) is 8.61. The molecule has 0 aliphatic rings. The molecule has 1 rings (SSSR count). The minimum absolute atomic E-state index is 0.138. The zero-order valence-electron chi connectivity index (χ0n) is 14.1. The van der Waals surface area contributed by atoms with E-state index in [1.54, 1.807) is 12.1 Å². The molecule has 23 heavy (non-hydrogen) atoms.